The summed E-state index contributed by atoms with van der Waals surface area (Å²) in [5, 5.41) is 11.9. The van der Waals surface area contributed by atoms with Crippen molar-refractivity contribution in [3.63, 3.8) is 0 Å². The highest BCUT2D eigenvalue weighted by Gasteiger charge is 2.07. The lowest BCUT2D eigenvalue weighted by Gasteiger charge is -2.08. The molecule has 7 heteroatoms. The molecule has 114 valence electrons. The highest BCUT2D eigenvalue weighted by molar-refractivity contribution is 5.83. The first-order valence-electron chi connectivity index (χ1n) is 7.08. The van der Waals surface area contributed by atoms with Gasteiger partial charge in [-0.2, -0.15) is 4.68 Å². The van der Waals surface area contributed by atoms with Crippen molar-refractivity contribution in [3.8, 4) is 0 Å². The zero-order chi connectivity index (χ0) is 15.7. The zero-order valence-electron chi connectivity index (χ0n) is 12.6. The standard InChI is InChI=1S/C15H18N6O/c1-9-3-4-13-12(7-9)11(8-18-13)5-6-17-15-20-19-10(2)14(22)21(15)16/h3-4,7-8,18H,5-6,16H2,1-2H3,(H,17,20). The van der Waals surface area contributed by atoms with E-state index < -0.39 is 0 Å². The Labute approximate surface area is 127 Å². The highest BCUT2D eigenvalue weighted by Crippen LogP contribution is 2.20. The number of H-pyrrole nitrogens is 1. The third-order valence-corrected chi connectivity index (χ3v) is 3.65. The van der Waals surface area contributed by atoms with Crippen molar-refractivity contribution in [2.75, 3.05) is 17.7 Å². The molecule has 2 aromatic heterocycles. The van der Waals surface area contributed by atoms with Crippen molar-refractivity contribution in [1.82, 2.24) is 19.9 Å². The van der Waals surface area contributed by atoms with Crippen molar-refractivity contribution < 1.29 is 0 Å². The van der Waals surface area contributed by atoms with Gasteiger partial charge in [0.25, 0.3) is 5.56 Å². The van der Waals surface area contributed by atoms with Crippen LogP contribution in [-0.2, 0) is 6.42 Å². The van der Waals surface area contributed by atoms with Gasteiger partial charge in [-0.3, -0.25) is 4.79 Å². The number of nitrogens with one attached hydrogen (secondary N) is 2. The average molecular weight is 298 g/mol. The maximum atomic E-state index is 11.7. The topological polar surface area (TPSA) is 102 Å². The molecule has 0 unspecified atom stereocenters. The van der Waals surface area contributed by atoms with Gasteiger partial charge >= 0.3 is 0 Å². The molecule has 0 saturated carbocycles. The lowest BCUT2D eigenvalue weighted by molar-refractivity contribution is 0.791. The molecule has 3 aromatic rings. The number of nitrogen functional groups attached to an aromatic ring is 1. The smallest absolute Gasteiger partial charge is 0.295 e. The van der Waals surface area contributed by atoms with Crippen LogP contribution in [0, 0.1) is 13.8 Å². The van der Waals surface area contributed by atoms with Gasteiger partial charge in [-0.25, -0.2) is 0 Å². The highest BCUT2D eigenvalue weighted by atomic mass is 16.1. The van der Waals surface area contributed by atoms with E-state index in [1.54, 1.807) is 6.92 Å². The molecule has 0 spiro atoms. The molecular weight excluding hydrogens is 280 g/mol. The van der Waals surface area contributed by atoms with Gasteiger partial charge in [-0.1, -0.05) is 11.6 Å². The van der Waals surface area contributed by atoms with Gasteiger partial charge in [0.05, 0.1) is 0 Å². The molecule has 0 radical (unpaired) electrons. The summed E-state index contributed by atoms with van der Waals surface area (Å²) in [7, 11) is 0. The first-order valence-corrected chi connectivity index (χ1v) is 7.08. The molecule has 0 aliphatic carbocycles. The normalized spacial score (nSPS) is 11.0. The second-order valence-corrected chi connectivity index (χ2v) is 5.32. The van der Waals surface area contributed by atoms with Crippen LogP contribution in [-0.4, -0.2) is 26.4 Å². The Balaban J connectivity index is 1.74. The summed E-state index contributed by atoms with van der Waals surface area (Å²) in [4.78, 5) is 14.9. The Morgan fingerprint density at radius 1 is 1.32 bits per heavy atom. The molecule has 0 aliphatic rings. The van der Waals surface area contributed by atoms with E-state index >= 15 is 0 Å². The summed E-state index contributed by atoms with van der Waals surface area (Å²) in [6.07, 6.45) is 2.79. The number of aryl methyl sites for hydroxylation is 2. The first kappa shape index (κ1) is 14.1. The maximum absolute atomic E-state index is 11.7. The minimum Gasteiger partial charge on any atom is -0.361 e. The molecule has 0 bridgehead atoms. The zero-order valence-corrected chi connectivity index (χ0v) is 12.6. The molecule has 4 N–H and O–H groups in total. The van der Waals surface area contributed by atoms with Crippen molar-refractivity contribution >= 4 is 16.9 Å². The maximum Gasteiger partial charge on any atom is 0.295 e. The SMILES string of the molecule is Cc1ccc2[nH]cc(CCNc3nnc(C)c(=O)n3N)c2c1. The average Bonchev–Trinajstić information content (AvgIpc) is 2.90. The van der Waals surface area contributed by atoms with Crippen molar-refractivity contribution in [1.29, 1.82) is 0 Å². The van der Waals surface area contributed by atoms with Gasteiger partial charge in [0, 0.05) is 23.6 Å². The number of aromatic nitrogens is 4. The van der Waals surface area contributed by atoms with Gasteiger partial charge in [0.15, 0.2) is 0 Å². The monoisotopic (exact) mass is 298 g/mol. The molecule has 0 fully saturated rings. The van der Waals surface area contributed by atoms with Gasteiger partial charge in [-0.15, -0.1) is 10.2 Å². The van der Waals surface area contributed by atoms with Crippen LogP contribution in [0.5, 0.6) is 0 Å². The van der Waals surface area contributed by atoms with E-state index in [0.717, 1.165) is 16.6 Å². The second kappa shape index (κ2) is 5.51. The Morgan fingerprint density at radius 2 is 2.14 bits per heavy atom. The number of nitrogens with two attached hydrogens (primary N) is 1. The van der Waals surface area contributed by atoms with Crippen LogP contribution in [0.4, 0.5) is 5.95 Å². The number of hydrogen-bond acceptors (Lipinski definition) is 5. The van der Waals surface area contributed by atoms with Gasteiger partial charge < -0.3 is 16.1 Å². The fraction of sp³-hybridized carbons (Fsp3) is 0.267. The molecular formula is C15H18N6O. The number of rotatable bonds is 4. The van der Waals surface area contributed by atoms with Crippen LogP contribution in [0.15, 0.2) is 29.2 Å². The van der Waals surface area contributed by atoms with Crippen LogP contribution in [0.2, 0.25) is 0 Å². The van der Waals surface area contributed by atoms with Crippen LogP contribution in [0.3, 0.4) is 0 Å². The van der Waals surface area contributed by atoms with Crippen LogP contribution < -0.4 is 16.7 Å². The Bertz CT molecular complexity index is 879. The van der Waals surface area contributed by atoms with Crippen molar-refractivity contribution in [3.05, 3.63) is 51.6 Å². The van der Waals surface area contributed by atoms with Crippen molar-refractivity contribution in [2.45, 2.75) is 20.3 Å². The molecule has 1 aromatic carbocycles. The van der Waals surface area contributed by atoms with Gasteiger partial charge in [-0.05, 0) is 38.0 Å². The number of anilines is 1. The summed E-state index contributed by atoms with van der Waals surface area (Å²) < 4.78 is 0.988. The summed E-state index contributed by atoms with van der Waals surface area (Å²) in [5.74, 6) is 5.96. The number of fused-ring (bicyclic) bond motifs is 1. The van der Waals surface area contributed by atoms with Crippen LogP contribution in [0.25, 0.3) is 10.9 Å². The molecule has 3 rings (SSSR count). The van der Waals surface area contributed by atoms with E-state index in [9.17, 15) is 4.79 Å². The minimum atomic E-state index is -0.347. The Hall–Kier alpha value is -2.83. The largest absolute Gasteiger partial charge is 0.361 e. The lowest BCUT2D eigenvalue weighted by atomic mass is 10.1. The summed E-state index contributed by atoms with van der Waals surface area (Å²) in [5.41, 5.74) is 3.48. The minimum absolute atomic E-state index is 0.270. The van der Waals surface area contributed by atoms with Crippen molar-refractivity contribution in [2.24, 2.45) is 0 Å². The fourth-order valence-corrected chi connectivity index (χ4v) is 2.41. The Morgan fingerprint density at radius 3 is 2.95 bits per heavy atom. The number of nitrogens with zero attached hydrogens (tertiary/aromatic N) is 3. The van der Waals surface area contributed by atoms with E-state index in [2.05, 4.69) is 45.6 Å². The van der Waals surface area contributed by atoms with E-state index in [4.69, 9.17) is 5.84 Å². The molecule has 22 heavy (non-hydrogen) atoms. The van der Waals surface area contributed by atoms with E-state index in [1.807, 2.05) is 6.20 Å². The quantitative estimate of drug-likeness (QED) is 0.626. The van der Waals surface area contributed by atoms with E-state index in [1.165, 1.54) is 16.5 Å². The van der Waals surface area contributed by atoms with Gasteiger partial charge in [0.1, 0.15) is 5.69 Å². The third kappa shape index (κ3) is 2.52. The summed E-state index contributed by atoms with van der Waals surface area (Å²) in [6, 6.07) is 6.31. The molecule has 0 saturated heterocycles. The predicted molar refractivity (Wildman–Crippen MR) is 86.4 cm³/mol. The number of aromatic amines is 1. The third-order valence-electron chi connectivity index (χ3n) is 3.65. The molecule has 2 heterocycles. The molecule has 0 aliphatic heterocycles. The lowest BCUT2D eigenvalue weighted by Crippen LogP contribution is -2.33. The fourth-order valence-electron chi connectivity index (χ4n) is 2.41. The predicted octanol–water partition coefficient (Wildman–Crippen LogP) is 1.10. The Kier molecular flexibility index (Phi) is 3.54. The van der Waals surface area contributed by atoms with E-state index in [0.29, 0.717) is 6.54 Å². The summed E-state index contributed by atoms with van der Waals surface area (Å²) >= 11 is 0. The van der Waals surface area contributed by atoms with Gasteiger partial charge in [0.2, 0.25) is 5.95 Å². The first-order chi connectivity index (χ1) is 10.6. The number of hydrogen-bond donors (Lipinski definition) is 3. The van der Waals surface area contributed by atoms with Crippen LogP contribution >= 0.6 is 0 Å². The molecule has 7 nitrogen and oxygen atoms in total. The summed E-state index contributed by atoms with van der Waals surface area (Å²) in [6.45, 7) is 4.26. The van der Waals surface area contributed by atoms with E-state index in [-0.39, 0.29) is 17.2 Å². The number of benzene rings is 1. The molecule has 0 amide bonds. The second-order valence-electron chi connectivity index (χ2n) is 5.32. The van der Waals surface area contributed by atoms with Crippen LogP contribution in [0.1, 0.15) is 16.8 Å². The molecule has 0 atom stereocenters.